The molecule has 0 aromatic rings. The van der Waals surface area contributed by atoms with Crippen molar-refractivity contribution in [2.75, 3.05) is 19.3 Å². The van der Waals surface area contributed by atoms with E-state index in [0.717, 1.165) is 19.3 Å². The van der Waals surface area contributed by atoms with Crippen molar-refractivity contribution in [3.05, 3.63) is 0 Å². The summed E-state index contributed by atoms with van der Waals surface area (Å²) in [4.78, 5) is 13.9. The lowest BCUT2D eigenvalue weighted by Crippen LogP contribution is -2.47. The van der Waals surface area contributed by atoms with E-state index in [9.17, 15) is 13.2 Å². The van der Waals surface area contributed by atoms with E-state index in [4.69, 9.17) is 4.74 Å². The number of sulfone groups is 1. The van der Waals surface area contributed by atoms with Gasteiger partial charge in [0, 0.05) is 31.4 Å². The minimum absolute atomic E-state index is 0.0161. The Kier molecular flexibility index (Phi) is 6.89. The van der Waals surface area contributed by atoms with Crippen LogP contribution in [0.25, 0.3) is 0 Å². The molecule has 2 unspecified atom stereocenters. The van der Waals surface area contributed by atoms with Crippen LogP contribution >= 0.6 is 0 Å². The normalized spacial score (nSPS) is 22.4. The Balaban J connectivity index is 2.55. The van der Waals surface area contributed by atoms with Crippen LogP contribution in [-0.4, -0.2) is 61.7 Å². The number of carbonyl (C=O) groups excluding carboxylic acids is 1. The van der Waals surface area contributed by atoms with E-state index in [1.165, 1.54) is 6.26 Å². The highest BCUT2D eigenvalue weighted by molar-refractivity contribution is 7.91. The van der Waals surface area contributed by atoms with Gasteiger partial charge < -0.3 is 15.0 Å². The number of hydrogen-bond acceptors (Lipinski definition) is 5. The van der Waals surface area contributed by atoms with Gasteiger partial charge in [-0.2, -0.15) is 0 Å². The summed E-state index contributed by atoms with van der Waals surface area (Å²) < 4.78 is 29.0. The first-order valence-electron chi connectivity index (χ1n) is 8.33. The predicted octanol–water partition coefficient (Wildman–Crippen LogP) is 2.19. The maximum absolute atomic E-state index is 12.2. The monoisotopic (exact) mass is 348 g/mol. The molecule has 0 aromatic carbocycles. The van der Waals surface area contributed by atoms with Gasteiger partial charge in [-0.1, -0.05) is 6.42 Å². The highest BCUT2D eigenvalue weighted by Crippen LogP contribution is 2.25. The average Bonchev–Trinajstić information content (AvgIpc) is 2.79. The van der Waals surface area contributed by atoms with Crippen molar-refractivity contribution in [2.24, 2.45) is 0 Å². The Morgan fingerprint density at radius 2 is 1.91 bits per heavy atom. The summed E-state index contributed by atoms with van der Waals surface area (Å²) in [6.07, 6.45) is 3.48. The summed E-state index contributed by atoms with van der Waals surface area (Å²) in [5, 5.41) is 3.00. The molecule has 1 N–H and O–H groups in total. The third-order valence-corrected chi connectivity index (χ3v) is 5.68. The molecular weight excluding hydrogens is 316 g/mol. The van der Waals surface area contributed by atoms with Gasteiger partial charge in [-0.25, -0.2) is 13.2 Å². The van der Waals surface area contributed by atoms with E-state index in [0.29, 0.717) is 13.1 Å². The van der Waals surface area contributed by atoms with Crippen LogP contribution in [-0.2, 0) is 14.6 Å². The van der Waals surface area contributed by atoms with Crippen molar-refractivity contribution < 1.29 is 17.9 Å². The van der Waals surface area contributed by atoms with Gasteiger partial charge in [0.2, 0.25) is 0 Å². The van der Waals surface area contributed by atoms with Crippen LogP contribution in [0, 0.1) is 0 Å². The summed E-state index contributed by atoms with van der Waals surface area (Å²) in [5.41, 5.74) is -0.523. The molecule has 7 heteroatoms. The van der Waals surface area contributed by atoms with Gasteiger partial charge in [0.25, 0.3) is 0 Å². The van der Waals surface area contributed by atoms with Crippen molar-refractivity contribution in [1.29, 1.82) is 0 Å². The zero-order valence-electron chi connectivity index (χ0n) is 15.3. The molecule has 1 amide bonds. The number of hydrogen-bond donors (Lipinski definition) is 1. The van der Waals surface area contributed by atoms with Crippen LogP contribution in [0.4, 0.5) is 4.79 Å². The number of carbonyl (C=O) groups is 1. The molecule has 0 bridgehead atoms. The van der Waals surface area contributed by atoms with E-state index in [-0.39, 0.29) is 23.4 Å². The molecule has 136 valence electrons. The van der Waals surface area contributed by atoms with Gasteiger partial charge in [0.15, 0.2) is 9.84 Å². The summed E-state index contributed by atoms with van der Waals surface area (Å²) in [6.45, 7) is 10.5. The van der Waals surface area contributed by atoms with E-state index < -0.39 is 15.4 Å². The minimum atomic E-state index is -3.03. The molecule has 0 spiro atoms. The highest BCUT2D eigenvalue weighted by Gasteiger charge is 2.34. The van der Waals surface area contributed by atoms with Gasteiger partial charge in [-0.05, 0) is 47.5 Å². The van der Waals surface area contributed by atoms with Crippen LogP contribution in [0.15, 0.2) is 0 Å². The SMILES string of the molecule is CC(C)N(CCNC1CCCC1S(C)(=O)=O)C(=O)OC(C)(C)C. The molecule has 0 aliphatic heterocycles. The van der Waals surface area contributed by atoms with Gasteiger partial charge in [0.05, 0.1) is 5.25 Å². The average molecular weight is 349 g/mol. The van der Waals surface area contributed by atoms with Crippen molar-refractivity contribution in [2.45, 2.75) is 76.8 Å². The van der Waals surface area contributed by atoms with Gasteiger partial charge >= 0.3 is 6.09 Å². The quantitative estimate of drug-likeness (QED) is 0.796. The molecule has 1 aliphatic rings. The number of nitrogens with zero attached hydrogens (tertiary/aromatic N) is 1. The molecule has 1 saturated carbocycles. The molecular formula is C16H32N2O4S. The molecule has 2 atom stereocenters. The van der Waals surface area contributed by atoms with E-state index in [1.807, 2.05) is 34.6 Å². The lowest BCUT2D eigenvalue weighted by atomic mass is 10.2. The smallest absolute Gasteiger partial charge is 0.410 e. The van der Waals surface area contributed by atoms with Crippen LogP contribution in [0.3, 0.4) is 0 Å². The maximum Gasteiger partial charge on any atom is 0.410 e. The van der Waals surface area contributed by atoms with Crippen LogP contribution in [0.2, 0.25) is 0 Å². The molecule has 23 heavy (non-hydrogen) atoms. The molecule has 6 nitrogen and oxygen atoms in total. The van der Waals surface area contributed by atoms with E-state index in [1.54, 1.807) is 4.90 Å². The number of nitrogens with one attached hydrogen (secondary N) is 1. The number of rotatable bonds is 6. The zero-order chi connectivity index (χ0) is 17.8. The lowest BCUT2D eigenvalue weighted by molar-refractivity contribution is 0.0192. The highest BCUT2D eigenvalue weighted by atomic mass is 32.2. The van der Waals surface area contributed by atoms with Crippen molar-refractivity contribution in [1.82, 2.24) is 10.2 Å². The Labute approximate surface area is 140 Å². The second-order valence-corrected chi connectivity index (χ2v) is 9.89. The molecule has 0 aromatic heterocycles. The fourth-order valence-electron chi connectivity index (χ4n) is 2.92. The Morgan fingerprint density at radius 3 is 2.39 bits per heavy atom. The van der Waals surface area contributed by atoms with E-state index >= 15 is 0 Å². The van der Waals surface area contributed by atoms with Crippen molar-refractivity contribution >= 4 is 15.9 Å². The summed E-state index contributed by atoms with van der Waals surface area (Å²) in [5.74, 6) is 0. The van der Waals surface area contributed by atoms with Crippen LogP contribution < -0.4 is 5.32 Å². The lowest BCUT2D eigenvalue weighted by Gasteiger charge is -2.31. The van der Waals surface area contributed by atoms with Crippen molar-refractivity contribution in [3.63, 3.8) is 0 Å². The van der Waals surface area contributed by atoms with Crippen molar-refractivity contribution in [3.8, 4) is 0 Å². The second kappa shape index (κ2) is 7.83. The van der Waals surface area contributed by atoms with Crippen LogP contribution in [0.5, 0.6) is 0 Å². The maximum atomic E-state index is 12.2. The fourth-order valence-corrected chi connectivity index (χ4v) is 4.35. The first-order chi connectivity index (χ1) is 10.4. The van der Waals surface area contributed by atoms with Gasteiger partial charge in [0.1, 0.15) is 5.60 Å². The first-order valence-corrected chi connectivity index (χ1v) is 10.3. The third-order valence-electron chi connectivity index (χ3n) is 4.01. The standard InChI is InChI=1S/C16H32N2O4S/c1-12(2)18(15(19)22-16(3,4)5)11-10-17-13-8-7-9-14(13)23(6,20)21/h12-14,17H,7-11H2,1-6H3. The molecule has 0 saturated heterocycles. The summed E-state index contributed by atoms with van der Waals surface area (Å²) >= 11 is 0. The molecule has 1 fully saturated rings. The summed E-state index contributed by atoms with van der Waals surface area (Å²) in [6, 6.07) is 0.0126. The molecule has 0 heterocycles. The molecule has 1 aliphatic carbocycles. The zero-order valence-corrected chi connectivity index (χ0v) is 16.1. The number of ether oxygens (including phenoxy) is 1. The van der Waals surface area contributed by atoms with Gasteiger partial charge in [-0.15, -0.1) is 0 Å². The topological polar surface area (TPSA) is 75.7 Å². The Morgan fingerprint density at radius 1 is 1.30 bits per heavy atom. The minimum Gasteiger partial charge on any atom is -0.444 e. The first kappa shape index (κ1) is 20.2. The Hall–Kier alpha value is -0.820. The number of amides is 1. The third kappa shape index (κ3) is 6.67. The van der Waals surface area contributed by atoms with E-state index in [2.05, 4.69) is 5.32 Å². The fraction of sp³-hybridized carbons (Fsp3) is 0.938. The largest absolute Gasteiger partial charge is 0.444 e. The van der Waals surface area contributed by atoms with Crippen LogP contribution in [0.1, 0.15) is 53.9 Å². The van der Waals surface area contributed by atoms with Gasteiger partial charge in [-0.3, -0.25) is 0 Å². The molecule has 1 rings (SSSR count). The Bertz CT molecular complexity index is 497. The second-order valence-electron chi connectivity index (χ2n) is 7.63. The molecule has 0 radical (unpaired) electrons. The summed E-state index contributed by atoms with van der Waals surface area (Å²) in [7, 11) is -3.03. The predicted molar refractivity (Wildman–Crippen MR) is 92.3 cm³/mol.